The zero-order chi connectivity index (χ0) is 24.4. The monoisotopic (exact) mass is 490 g/mol. The maximum absolute atomic E-state index is 15.0. The van der Waals surface area contributed by atoms with Crippen LogP contribution in [0.5, 0.6) is 5.88 Å². The maximum atomic E-state index is 15.0. The summed E-state index contributed by atoms with van der Waals surface area (Å²) in [6.07, 6.45) is 1.60. The number of benzene rings is 2. The van der Waals surface area contributed by atoms with Gasteiger partial charge >= 0.3 is 6.03 Å². The molecule has 3 amide bonds. The van der Waals surface area contributed by atoms with E-state index in [-0.39, 0.29) is 46.4 Å². The molecule has 34 heavy (non-hydrogen) atoms. The van der Waals surface area contributed by atoms with Gasteiger partial charge in [0.1, 0.15) is 11.9 Å². The van der Waals surface area contributed by atoms with Gasteiger partial charge in [-0.3, -0.25) is 4.79 Å². The van der Waals surface area contributed by atoms with Gasteiger partial charge in [0, 0.05) is 28.9 Å². The maximum Gasteiger partial charge on any atom is 0.319 e. The molecule has 0 aliphatic carbocycles. The molecule has 1 fully saturated rings. The van der Waals surface area contributed by atoms with Crippen molar-refractivity contribution in [3.63, 3.8) is 0 Å². The van der Waals surface area contributed by atoms with Crippen molar-refractivity contribution in [2.75, 3.05) is 23.9 Å². The van der Waals surface area contributed by atoms with Gasteiger partial charge in [-0.2, -0.15) is 0 Å². The van der Waals surface area contributed by atoms with Gasteiger partial charge in [0.15, 0.2) is 11.6 Å². The lowest BCUT2D eigenvalue weighted by Gasteiger charge is -2.19. The molecule has 1 saturated heterocycles. The smallest absolute Gasteiger partial charge is 0.319 e. The van der Waals surface area contributed by atoms with Crippen LogP contribution in [-0.4, -0.2) is 36.6 Å². The van der Waals surface area contributed by atoms with E-state index in [0.717, 1.165) is 11.0 Å². The molecule has 0 bridgehead atoms. The molecule has 1 unspecified atom stereocenters. The number of hydrogen-bond acceptors (Lipinski definition) is 4. The van der Waals surface area contributed by atoms with Crippen LogP contribution in [0.3, 0.4) is 0 Å². The highest BCUT2D eigenvalue weighted by Crippen LogP contribution is 2.35. The number of carbonyl (C=O) groups is 2. The lowest BCUT2D eigenvalue weighted by molar-refractivity contribution is -0.118. The van der Waals surface area contributed by atoms with Crippen LogP contribution in [0.15, 0.2) is 48.7 Å². The second-order valence-electron chi connectivity index (χ2n) is 7.37. The number of amides is 3. The number of ether oxygens (including phenoxy) is 1. The molecule has 176 valence electrons. The van der Waals surface area contributed by atoms with E-state index in [9.17, 15) is 22.8 Å². The molecule has 2 heterocycles. The minimum atomic E-state index is -1.22. The largest absolute Gasteiger partial charge is 0.481 e. The van der Waals surface area contributed by atoms with Crippen molar-refractivity contribution in [3.8, 4) is 17.0 Å². The molecule has 4 rings (SSSR count). The summed E-state index contributed by atoms with van der Waals surface area (Å²) in [4.78, 5) is 30.1. The van der Waals surface area contributed by atoms with Crippen LogP contribution in [0.1, 0.15) is 6.42 Å². The lowest BCUT2D eigenvalue weighted by Crippen LogP contribution is -2.43. The number of methoxy groups -OCH3 is 1. The Balaban J connectivity index is 1.50. The average molecular weight is 491 g/mol. The molecule has 1 atom stereocenters. The van der Waals surface area contributed by atoms with Crippen LogP contribution < -0.4 is 20.3 Å². The zero-order valence-corrected chi connectivity index (χ0v) is 18.5. The third-order valence-electron chi connectivity index (χ3n) is 5.30. The van der Waals surface area contributed by atoms with E-state index >= 15 is 0 Å². The van der Waals surface area contributed by atoms with Crippen molar-refractivity contribution in [1.82, 2.24) is 10.3 Å². The normalized spacial score (nSPS) is 15.4. The quantitative estimate of drug-likeness (QED) is 0.540. The predicted molar refractivity (Wildman–Crippen MR) is 120 cm³/mol. The van der Waals surface area contributed by atoms with E-state index in [1.807, 2.05) is 0 Å². The van der Waals surface area contributed by atoms with Crippen molar-refractivity contribution < 1.29 is 27.5 Å². The molecule has 3 aromatic rings. The van der Waals surface area contributed by atoms with Crippen molar-refractivity contribution in [2.45, 2.75) is 12.5 Å². The fraction of sp³-hybridized carbons (Fsp3) is 0.174. The Labute approximate surface area is 197 Å². The number of anilines is 2. The standard InChI is InChI=1S/C23H18ClF3N4O3/c1-34-21-14(3-2-9-28-21)13-5-7-18(20(27)19(13)26)31-10-8-17(22(31)32)30-23(33)29-16-6-4-12(24)11-15(16)25/h2-7,9,11,17H,8,10H2,1H3,(H2,29,30,33). The molecule has 7 nitrogen and oxygen atoms in total. The van der Waals surface area contributed by atoms with Gasteiger partial charge < -0.3 is 20.3 Å². The van der Waals surface area contributed by atoms with Crippen molar-refractivity contribution >= 4 is 34.9 Å². The zero-order valence-electron chi connectivity index (χ0n) is 17.7. The Bertz CT molecular complexity index is 1270. The molecule has 0 saturated carbocycles. The summed E-state index contributed by atoms with van der Waals surface area (Å²) < 4.78 is 48.9. The lowest BCUT2D eigenvalue weighted by atomic mass is 10.0. The number of nitrogens with one attached hydrogen (secondary N) is 2. The molecule has 0 radical (unpaired) electrons. The van der Waals surface area contributed by atoms with Gasteiger partial charge in [-0.1, -0.05) is 11.6 Å². The van der Waals surface area contributed by atoms with E-state index in [4.69, 9.17) is 16.3 Å². The van der Waals surface area contributed by atoms with Gasteiger partial charge in [0.2, 0.25) is 11.8 Å². The Morgan fingerprint density at radius 3 is 2.68 bits per heavy atom. The molecular formula is C23H18ClF3N4O3. The second-order valence-corrected chi connectivity index (χ2v) is 7.81. The second kappa shape index (κ2) is 9.60. The predicted octanol–water partition coefficient (Wildman–Crippen LogP) is 4.75. The summed E-state index contributed by atoms with van der Waals surface area (Å²) in [5.74, 6) is -3.63. The summed E-state index contributed by atoms with van der Waals surface area (Å²) in [5.41, 5.74) is -0.204. The molecule has 1 aromatic heterocycles. The summed E-state index contributed by atoms with van der Waals surface area (Å²) in [5, 5.41) is 4.87. The molecule has 1 aliphatic heterocycles. The van der Waals surface area contributed by atoms with Crippen molar-refractivity contribution in [2.24, 2.45) is 0 Å². The first-order valence-electron chi connectivity index (χ1n) is 10.1. The minimum Gasteiger partial charge on any atom is -0.481 e. The number of carbonyl (C=O) groups excluding carboxylic acids is 2. The van der Waals surface area contributed by atoms with E-state index in [2.05, 4.69) is 15.6 Å². The highest BCUT2D eigenvalue weighted by Gasteiger charge is 2.36. The number of nitrogens with zero attached hydrogens (tertiary/aromatic N) is 2. The first-order valence-corrected chi connectivity index (χ1v) is 10.5. The summed E-state index contributed by atoms with van der Waals surface area (Å²) in [6.45, 7) is 0.0466. The number of aromatic nitrogens is 1. The van der Waals surface area contributed by atoms with Crippen LogP contribution in [0.25, 0.3) is 11.1 Å². The SMILES string of the molecule is COc1ncccc1-c1ccc(N2CCC(NC(=O)Nc3ccc(Cl)cc3F)C2=O)c(F)c1F. The molecule has 0 spiro atoms. The third kappa shape index (κ3) is 4.49. The fourth-order valence-corrected chi connectivity index (χ4v) is 3.83. The highest BCUT2D eigenvalue weighted by atomic mass is 35.5. The van der Waals surface area contributed by atoms with E-state index in [1.54, 1.807) is 6.07 Å². The minimum absolute atomic E-state index is 0.0466. The Kier molecular flexibility index (Phi) is 6.60. The Morgan fingerprint density at radius 2 is 1.94 bits per heavy atom. The number of pyridine rings is 1. The number of hydrogen-bond donors (Lipinski definition) is 2. The van der Waals surface area contributed by atoms with Crippen LogP contribution in [0.2, 0.25) is 5.02 Å². The van der Waals surface area contributed by atoms with E-state index in [1.165, 1.54) is 43.6 Å². The molecule has 11 heteroatoms. The Morgan fingerprint density at radius 1 is 1.15 bits per heavy atom. The van der Waals surface area contributed by atoms with Crippen LogP contribution >= 0.6 is 11.6 Å². The van der Waals surface area contributed by atoms with Crippen LogP contribution in [-0.2, 0) is 4.79 Å². The van der Waals surface area contributed by atoms with E-state index in [0.29, 0.717) is 0 Å². The van der Waals surface area contributed by atoms with Gasteiger partial charge in [-0.25, -0.2) is 22.9 Å². The van der Waals surface area contributed by atoms with Gasteiger partial charge in [0.05, 0.1) is 18.5 Å². The summed E-state index contributed by atoms with van der Waals surface area (Å²) >= 11 is 5.68. The fourth-order valence-electron chi connectivity index (χ4n) is 3.67. The van der Waals surface area contributed by atoms with Crippen LogP contribution in [0.4, 0.5) is 29.3 Å². The summed E-state index contributed by atoms with van der Waals surface area (Å²) in [6, 6.07) is 7.57. The summed E-state index contributed by atoms with van der Waals surface area (Å²) in [7, 11) is 1.36. The van der Waals surface area contributed by atoms with Gasteiger partial charge in [-0.05, 0) is 48.9 Å². The molecule has 2 aromatic carbocycles. The van der Waals surface area contributed by atoms with Crippen molar-refractivity contribution in [1.29, 1.82) is 0 Å². The topological polar surface area (TPSA) is 83.6 Å². The Hall–Kier alpha value is -3.79. The molecular weight excluding hydrogens is 473 g/mol. The third-order valence-corrected chi connectivity index (χ3v) is 5.53. The number of rotatable bonds is 5. The molecule has 1 aliphatic rings. The number of halogens is 4. The van der Waals surface area contributed by atoms with Gasteiger partial charge in [0.25, 0.3) is 0 Å². The average Bonchev–Trinajstić information content (AvgIpc) is 3.17. The van der Waals surface area contributed by atoms with E-state index < -0.39 is 35.4 Å². The first kappa shape index (κ1) is 23.4. The molecule has 2 N–H and O–H groups in total. The first-order chi connectivity index (χ1) is 16.3. The van der Waals surface area contributed by atoms with Crippen molar-refractivity contribution in [3.05, 3.63) is 71.1 Å². The number of urea groups is 1. The highest BCUT2D eigenvalue weighted by molar-refractivity contribution is 6.30. The van der Waals surface area contributed by atoms with Gasteiger partial charge in [-0.15, -0.1) is 0 Å². The van der Waals surface area contributed by atoms with Crippen LogP contribution in [0, 0.1) is 17.5 Å².